The van der Waals surface area contributed by atoms with E-state index >= 15 is 0 Å². The first kappa shape index (κ1) is 14.5. The van der Waals surface area contributed by atoms with E-state index in [1.54, 1.807) is 0 Å². The molecule has 2 heterocycles. The zero-order valence-electron chi connectivity index (χ0n) is 12.1. The molecule has 1 aliphatic heterocycles. The molecule has 2 aromatic rings. The van der Waals surface area contributed by atoms with E-state index in [4.69, 9.17) is 9.84 Å². The second-order valence-corrected chi connectivity index (χ2v) is 5.14. The first-order valence-electron chi connectivity index (χ1n) is 7.20. The molecule has 0 spiro atoms. The van der Waals surface area contributed by atoms with E-state index in [-0.39, 0.29) is 5.69 Å². The van der Waals surface area contributed by atoms with Crippen molar-refractivity contribution in [3.8, 4) is 0 Å². The van der Waals surface area contributed by atoms with Crippen LogP contribution in [0, 0.1) is 0 Å². The molecule has 1 aromatic carbocycles. The molecule has 22 heavy (non-hydrogen) atoms. The van der Waals surface area contributed by atoms with Crippen LogP contribution in [-0.2, 0) is 24.2 Å². The van der Waals surface area contributed by atoms with Gasteiger partial charge in [0, 0.05) is 18.9 Å². The number of carboxylic acids is 1. The minimum absolute atomic E-state index is 0.0543. The number of hydrogen-bond donors (Lipinski definition) is 2. The Balaban J connectivity index is 1.63. The number of ether oxygens (including phenoxy) is 1. The molecule has 0 fully saturated rings. The first-order chi connectivity index (χ1) is 10.7. The van der Waals surface area contributed by atoms with Gasteiger partial charge in [-0.3, -0.25) is 0 Å². The fourth-order valence-corrected chi connectivity index (χ4v) is 2.53. The van der Waals surface area contributed by atoms with E-state index in [0.717, 1.165) is 19.4 Å². The third-order valence-electron chi connectivity index (χ3n) is 3.65. The number of aromatic carboxylic acids is 1. The zero-order chi connectivity index (χ0) is 15.4. The molecule has 114 valence electrons. The number of aromatic nitrogens is 2. The molecule has 0 amide bonds. The fourth-order valence-electron chi connectivity index (χ4n) is 2.53. The van der Waals surface area contributed by atoms with Crippen molar-refractivity contribution in [3.05, 3.63) is 53.0 Å². The smallest absolute Gasteiger partial charge is 0.358 e. The monoisotopic (exact) mass is 299 g/mol. The highest BCUT2D eigenvalue weighted by Gasteiger charge is 2.12. The first-order valence-corrected chi connectivity index (χ1v) is 7.20. The quantitative estimate of drug-likeness (QED) is 0.877. The Kier molecular flexibility index (Phi) is 4.29. The average Bonchev–Trinajstić information content (AvgIpc) is 2.55. The number of carbonyl (C=O) groups is 1. The van der Waals surface area contributed by atoms with Crippen molar-refractivity contribution in [3.63, 3.8) is 0 Å². The van der Waals surface area contributed by atoms with Gasteiger partial charge in [-0.25, -0.2) is 14.8 Å². The van der Waals surface area contributed by atoms with Crippen LogP contribution in [0.1, 0.15) is 27.2 Å². The Labute approximate surface area is 128 Å². The van der Waals surface area contributed by atoms with Gasteiger partial charge in [-0.2, -0.15) is 0 Å². The number of hydrogen-bond acceptors (Lipinski definition) is 5. The van der Waals surface area contributed by atoms with Gasteiger partial charge >= 0.3 is 5.97 Å². The molecule has 3 rings (SSSR count). The molecule has 0 radical (unpaired) electrons. The van der Waals surface area contributed by atoms with Crippen molar-refractivity contribution < 1.29 is 14.6 Å². The van der Waals surface area contributed by atoms with Gasteiger partial charge in [-0.15, -0.1) is 0 Å². The number of anilines is 1. The van der Waals surface area contributed by atoms with Gasteiger partial charge in [0.25, 0.3) is 0 Å². The van der Waals surface area contributed by atoms with E-state index < -0.39 is 5.97 Å². The van der Waals surface area contributed by atoms with Gasteiger partial charge in [0.2, 0.25) is 0 Å². The van der Waals surface area contributed by atoms with E-state index in [0.29, 0.717) is 19.0 Å². The second kappa shape index (κ2) is 6.53. The topological polar surface area (TPSA) is 84.3 Å². The van der Waals surface area contributed by atoms with Crippen molar-refractivity contribution in [2.45, 2.75) is 19.4 Å². The van der Waals surface area contributed by atoms with Gasteiger partial charge in [0.1, 0.15) is 0 Å². The summed E-state index contributed by atoms with van der Waals surface area (Å²) < 4.78 is 5.47. The van der Waals surface area contributed by atoms with Crippen molar-refractivity contribution in [2.75, 3.05) is 18.5 Å². The second-order valence-electron chi connectivity index (χ2n) is 5.14. The summed E-state index contributed by atoms with van der Waals surface area (Å²) >= 11 is 0. The van der Waals surface area contributed by atoms with E-state index in [1.807, 2.05) is 0 Å². The van der Waals surface area contributed by atoms with Gasteiger partial charge in [0.05, 0.1) is 13.2 Å². The van der Waals surface area contributed by atoms with Crippen LogP contribution in [0.25, 0.3) is 0 Å². The van der Waals surface area contributed by atoms with Crippen LogP contribution in [0.2, 0.25) is 0 Å². The minimum atomic E-state index is -1.08. The van der Waals surface area contributed by atoms with Crippen LogP contribution >= 0.6 is 0 Å². The third kappa shape index (κ3) is 3.23. The third-order valence-corrected chi connectivity index (χ3v) is 3.65. The van der Waals surface area contributed by atoms with Gasteiger partial charge in [-0.1, -0.05) is 18.2 Å². The van der Waals surface area contributed by atoms with Crippen LogP contribution in [-0.4, -0.2) is 34.2 Å². The summed E-state index contributed by atoms with van der Waals surface area (Å²) in [6.07, 6.45) is 4.60. The summed E-state index contributed by atoms with van der Waals surface area (Å²) in [6, 6.07) is 6.42. The van der Waals surface area contributed by atoms with Gasteiger partial charge < -0.3 is 15.2 Å². The van der Waals surface area contributed by atoms with Crippen molar-refractivity contribution in [2.24, 2.45) is 0 Å². The molecule has 0 saturated carbocycles. The highest BCUT2D eigenvalue weighted by Crippen LogP contribution is 2.18. The molecular weight excluding hydrogens is 282 g/mol. The predicted octanol–water partition coefficient (Wildman–Crippen LogP) is 1.90. The average molecular weight is 299 g/mol. The highest BCUT2D eigenvalue weighted by molar-refractivity contribution is 5.90. The molecule has 6 nitrogen and oxygen atoms in total. The minimum Gasteiger partial charge on any atom is -0.476 e. The zero-order valence-corrected chi connectivity index (χ0v) is 12.1. The SMILES string of the molecule is O=C(O)c1nccnc1NCCc1ccc2c(c1)COCC2. The van der Waals surface area contributed by atoms with Crippen molar-refractivity contribution in [1.82, 2.24) is 9.97 Å². The summed E-state index contributed by atoms with van der Waals surface area (Å²) in [6.45, 7) is 2.06. The lowest BCUT2D eigenvalue weighted by Crippen LogP contribution is -2.13. The molecule has 1 aromatic heterocycles. The van der Waals surface area contributed by atoms with Gasteiger partial charge in [-0.05, 0) is 29.5 Å². The normalized spacial score (nSPS) is 13.5. The Morgan fingerprint density at radius 1 is 1.27 bits per heavy atom. The Morgan fingerprint density at radius 2 is 2.14 bits per heavy atom. The van der Waals surface area contributed by atoms with Crippen LogP contribution in [0.15, 0.2) is 30.6 Å². The standard InChI is InChI=1S/C16H17N3O3/c20-16(21)14-15(19-7-6-17-14)18-5-3-11-1-2-12-4-8-22-10-13(12)9-11/h1-2,6-7,9H,3-5,8,10H2,(H,18,19)(H,20,21). The maximum Gasteiger partial charge on any atom is 0.358 e. The van der Waals surface area contributed by atoms with E-state index in [9.17, 15) is 4.79 Å². The fraction of sp³-hybridized carbons (Fsp3) is 0.312. The number of nitrogens with one attached hydrogen (secondary N) is 1. The molecule has 1 aliphatic rings. The van der Waals surface area contributed by atoms with Crippen LogP contribution in [0.4, 0.5) is 5.82 Å². The molecule has 6 heteroatoms. The highest BCUT2D eigenvalue weighted by atomic mass is 16.5. The van der Waals surface area contributed by atoms with E-state index in [2.05, 4.69) is 33.5 Å². The summed E-state index contributed by atoms with van der Waals surface area (Å²) in [7, 11) is 0. The maximum absolute atomic E-state index is 11.1. The molecule has 0 unspecified atom stereocenters. The molecule has 0 saturated heterocycles. The van der Waals surface area contributed by atoms with Crippen LogP contribution < -0.4 is 5.32 Å². The summed E-state index contributed by atoms with van der Waals surface area (Å²) in [5.41, 5.74) is 3.73. The molecule has 2 N–H and O–H groups in total. The molecule has 0 aliphatic carbocycles. The molecule has 0 atom stereocenters. The Morgan fingerprint density at radius 3 is 3.00 bits per heavy atom. The Hall–Kier alpha value is -2.47. The number of benzene rings is 1. The summed E-state index contributed by atoms with van der Waals surface area (Å²) in [5, 5.41) is 12.1. The van der Waals surface area contributed by atoms with E-state index in [1.165, 1.54) is 29.1 Å². The molecule has 0 bridgehead atoms. The largest absolute Gasteiger partial charge is 0.476 e. The van der Waals surface area contributed by atoms with Crippen molar-refractivity contribution >= 4 is 11.8 Å². The summed E-state index contributed by atoms with van der Waals surface area (Å²) in [4.78, 5) is 18.9. The molecular formula is C16H17N3O3. The van der Waals surface area contributed by atoms with Crippen molar-refractivity contribution in [1.29, 1.82) is 0 Å². The summed E-state index contributed by atoms with van der Waals surface area (Å²) in [5.74, 6) is -0.780. The van der Waals surface area contributed by atoms with Crippen LogP contribution in [0.3, 0.4) is 0 Å². The lowest BCUT2D eigenvalue weighted by molar-refractivity contribution is 0.0691. The predicted molar refractivity (Wildman–Crippen MR) is 81.0 cm³/mol. The number of carboxylic acid groups (broad SMARTS) is 1. The lowest BCUT2D eigenvalue weighted by atomic mass is 9.99. The maximum atomic E-state index is 11.1. The number of rotatable bonds is 5. The lowest BCUT2D eigenvalue weighted by Gasteiger charge is -2.17. The van der Waals surface area contributed by atoms with Gasteiger partial charge in [0.15, 0.2) is 11.5 Å². The number of fused-ring (bicyclic) bond motifs is 1. The Bertz CT molecular complexity index is 688. The number of nitrogens with zero attached hydrogens (tertiary/aromatic N) is 2. The van der Waals surface area contributed by atoms with Crippen LogP contribution in [0.5, 0.6) is 0 Å².